The molecule has 5 heteroatoms. The van der Waals surface area contributed by atoms with Crippen molar-refractivity contribution < 1.29 is 8.42 Å². The Balaban J connectivity index is 1.77. The third-order valence-corrected chi connectivity index (χ3v) is 5.59. The van der Waals surface area contributed by atoms with E-state index in [0.717, 1.165) is 32.1 Å². The van der Waals surface area contributed by atoms with Gasteiger partial charge < -0.3 is 5.73 Å². The molecule has 0 saturated heterocycles. The second-order valence-electron chi connectivity index (χ2n) is 6.15. The third-order valence-electron chi connectivity index (χ3n) is 4.24. The summed E-state index contributed by atoms with van der Waals surface area (Å²) in [5.41, 5.74) is 5.99. The van der Waals surface area contributed by atoms with Crippen molar-refractivity contribution in [2.45, 2.75) is 63.3 Å². The standard InChI is InChI=1S/C13H26N2O2S/c14-13(8-3-1-2-4-9-13)11-15-18(16,17)10-7-12-5-6-12/h12,15H,1-11,14H2. The van der Waals surface area contributed by atoms with E-state index in [0.29, 0.717) is 12.5 Å². The molecule has 0 amide bonds. The Morgan fingerprint density at radius 1 is 1.11 bits per heavy atom. The maximum absolute atomic E-state index is 11.9. The second kappa shape index (κ2) is 5.88. The lowest BCUT2D eigenvalue weighted by Crippen LogP contribution is -2.50. The summed E-state index contributed by atoms with van der Waals surface area (Å²) in [4.78, 5) is 0. The summed E-state index contributed by atoms with van der Waals surface area (Å²) < 4.78 is 26.5. The minimum atomic E-state index is -3.12. The fraction of sp³-hybridized carbons (Fsp3) is 1.00. The Bertz CT molecular complexity index is 355. The van der Waals surface area contributed by atoms with E-state index in [9.17, 15) is 8.42 Å². The molecule has 3 N–H and O–H groups in total. The van der Waals surface area contributed by atoms with Gasteiger partial charge in [-0.15, -0.1) is 0 Å². The summed E-state index contributed by atoms with van der Waals surface area (Å²) in [7, 11) is -3.12. The largest absolute Gasteiger partial charge is 0.324 e. The van der Waals surface area contributed by atoms with E-state index in [-0.39, 0.29) is 11.3 Å². The van der Waals surface area contributed by atoms with Crippen LogP contribution in [0.2, 0.25) is 0 Å². The molecule has 2 aliphatic rings. The fourth-order valence-electron chi connectivity index (χ4n) is 2.66. The summed E-state index contributed by atoms with van der Waals surface area (Å²) in [6.07, 6.45) is 9.82. The Kier molecular flexibility index (Phi) is 4.67. The summed E-state index contributed by atoms with van der Waals surface area (Å²) >= 11 is 0. The summed E-state index contributed by atoms with van der Waals surface area (Å²) in [5, 5.41) is 0. The average Bonchev–Trinajstić information content (AvgIpc) is 3.13. The molecule has 0 aromatic heterocycles. The van der Waals surface area contributed by atoms with Crippen molar-refractivity contribution in [1.82, 2.24) is 4.72 Å². The molecule has 0 spiro atoms. The van der Waals surface area contributed by atoms with Gasteiger partial charge in [0.15, 0.2) is 0 Å². The molecule has 0 aromatic rings. The van der Waals surface area contributed by atoms with Crippen LogP contribution in [0, 0.1) is 5.92 Å². The van der Waals surface area contributed by atoms with Gasteiger partial charge in [0.2, 0.25) is 10.0 Å². The van der Waals surface area contributed by atoms with Gasteiger partial charge in [-0.25, -0.2) is 13.1 Å². The van der Waals surface area contributed by atoms with Crippen LogP contribution in [0.4, 0.5) is 0 Å². The van der Waals surface area contributed by atoms with Gasteiger partial charge in [0, 0.05) is 12.1 Å². The average molecular weight is 274 g/mol. The zero-order valence-electron chi connectivity index (χ0n) is 11.2. The van der Waals surface area contributed by atoms with Crippen molar-refractivity contribution in [3.05, 3.63) is 0 Å². The number of hydrogen-bond donors (Lipinski definition) is 2. The van der Waals surface area contributed by atoms with Crippen LogP contribution in [0.15, 0.2) is 0 Å². The lowest BCUT2D eigenvalue weighted by atomic mass is 9.92. The van der Waals surface area contributed by atoms with Crippen molar-refractivity contribution in [3.63, 3.8) is 0 Å². The first-order valence-electron chi connectivity index (χ1n) is 7.25. The Morgan fingerprint density at radius 3 is 2.28 bits per heavy atom. The van der Waals surface area contributed by atoms with E-state index < -0.39 is 10.0 Å². The molecule has 0 unspecified atom stereocenters. The van der Waals surface area contributed by atoms with E-state index in [1.54, 1.807) is 0 Å². The van der Waals surface area contributed by atoms with Gasteiger partial charge in [0.05, 0.1) is 5.75 Å². The van der Waals surface area contributed by atoms with Crippen LogP contribution in [0.5, 0.6) is 0 Å². The molecule has 2 fully saturated rings. The molecule has 0 atom stereocenters. The Hall–Kier alpha value is -0.130. The minimum Gasteiger partial charge on any atom is -0.324 e. The van der Waals surface area contributed by atoms with Crippen LogP contribution in [-0.2, 0) is 10.0 Å². The van der Waals surface area contributed by atoms with Gasteiger partial charge in [-0.05, 0) is 25.2 Å². The predicted molar refractivity (Wildman–Crippen MR) is 73.8 cm³/mol. The quantitative estimate of drug-likeness (QED) is 0.725. The van der Waals surface area contributed by atoms with Gasteiger partial charge >= 0.3 is 0 Å². The molecule has 2 aliphatic carbocycles. The molecule has 0 radical (unpaired) electrons. The monoisotopic (exact) mass is 274 g/mol. The van der Waals surface area contributed by atoms with Crippen LogP contribution < -0.4 is 10.5 Å². The zero-order valence-corrected chi connectivity index (χ0v) is 12.0. The van der Waals surface area contributed by atoms with E-state index in [2.05, 4.69) is 4.72 Å². The predicted octanol–water partition coefficient (Wildman–Crippen LogP) is 1.76. The topological polar surface area (TPSA) is 72.2 Å². The third kappa shape index (κ3) is 4.86. The SMILES string of the molecule is NC1(CNS(=O)(=O)CCC2CC2)CCCCCC1. The molecule has 4 nitrogen and oxygen atoms in total. The Morgan fingerprint density at radius 2 is 1.72 bits per heavy atom. The first-order valence-corrected chi connectivity index (χ1v) is 8.91. The van der Waals surface area contributed by atoms with Crippen molar-refractivity contribution in [2.75, 3.05) is 12.3 Å². The highest BCUT2D eigenvalue weighted by Gasteiger charge is 2.29. The summed E-state index contributed by atoms with van der Waals surface area (Å²) in [6, 6.07) is 0. The first kappa shape index (κ1) is 14.3. The Labute approximate surface area is 111 Å². The van der Waals surface area contributed by atoms with Gasteiger partial charge in [-0.2, -0.15) is 0 Å². The number of sulfonamides is 1. The summed E-state index contributed by atoms with van der Waals surface area (Å²) in [6.45, 7) is 0.417. The van der Waals surface area contributed by atoms with Crippen molar-refractivity contribution >= 4 is 10.0 Å². The number of hydrogen-bond acceptors (Lipinski definition) is 3. The highest BCUT2D eigenvalue weighted by Crippen LogP contribution is 2.32. The highest BCUT2D eigenvalue weighted by molar-refractivity contribution is 7.89. The lowest BCUT2D eigenvalue weighted by Gasteiger charge is -2.28. The zero-order chi connectivity index (χ0) is 13.1. The molecule has 0 aliphatic heterocycles. The van der Waals surface area contributed by atoms with Crippen LogP contribution in [0.3, 0.4) is 0 Å². The molecule has 0 aromatic carbocycles. The van der Waals surface area contributed by atoms with Crippen molar-refractivity contribution in [3.8, 4) is 0 Å². The maximum atomic E-state index is 11.9. The van der Waals surface area contributed by atoms with Gasteiger partial charge in [0.25, 0.3) is 0 Å². The molecule has 0 bridgehead atoms. The van der Waals surface area contributed by atoms with Crippen LogP contribution >= 0.6 is 0 Å². The smallest absolute Gasteiger partial charge is 0.211 e. The molecule has 0 heterocycles. The minimum absolute atomic E-state index is 0.272. The number of nitrogens with one attached hydrogen (secondary N) is 1. The molecule has 2 rings (SSSR count). The van der Waals surface area contributed by atoms with Crippen LogP contribution in [0.1, 0.15) is 57.8 Å². The van der Waals surface area contributed by atoms with E-state index in [1.807, 2.05) is 0 Å². The molecule has 18 heavy (non-hydrogen) atoms. The number of rotatable bonds is 6. The molecule has 106 valence electrons. The van der Waals surface area contributed by atoms with Gasteiger partial charge in [-0.3, -0.25) is 0 Å². The lowest BCUT2D eigenvalue weighted by molar-refractivity contribution is 0.369. The second-order valence-corrected chi connectivity index (χ2v) is 8.08. The van der Waals surface area contributed by atoms with Gasteiger partial charge in [-0.1, -0.05) is 38.5 Å². The van der Waals surface area contributed by atoms with E-state index >= 15 is 0 Å². The van der Waals surface area contributed by atoms with E-state index in [1.165, 1.54) is 25.7 Å². The molecular weight excluding hydrogens is 248 g/mol. The van der Waals surface area contributed by atoms with Crippen LogP contribution in [-0.4, -0.2) is 26.3 Å². The van der Waals surface area contributed by atoms with Crippen molar-refractivity contribution in [1.29, 1.82) is 0 Å². The summed E-state index contributed by atoms with van der Waals surface area (Å²) in [5.74, 6) is 0.930. The molecule has 2 saturated carbocycles. The normalized spacial score (nSPS) is 24.7. The van der Waals surface area contributed by atoms with Gasteiger partial charge in [0.1, 0.15) is 0 Å². The fourth-order valence-corrected chi connectivity index (χ4v) is 3.96. The van der Waals surface area contributed by atoms with Crippen LogP contribution in [0.25, 0.3) is 0 Å². The van der Waals surface area contributed by atoms with Crippen molar-refractivity contribution in [2.24, 2.45) is 11.7 Å². The highest BCUT2D eigenvalue weighted by atomic mass is 32.2. The molecular formula is C13H26N2O2S. The number of nitrogens with two attached hydrogens (primary N) is 1. The first-order chi connectivity index (χ1) is 8.49. The maximum Gasteiger partial charge on any atom is 0.211 e. The van der Waals surface area contributed by atoms with E-state index in [4.69, 9.17) is 5.73 Å².